The van der Waals surface area contributed by atoms with Gasteiger partial charge in [0.05, 0.1) is 18.7 Å². The Labute approximate surface area is 158 Å². The number of hydrogen-bond donors (Lipinski definition) is 1. The van der Waals surface area contributed by atoms with Gasteiger partial charge in [0.2, 0.25) is 0 Å². The summed E-state index contributed by atoms with van der Waals surface area (Å²) in [6.07, 6.45) is -3.39. The molecule has 132 valence electrons. The van der Waals surface area contributed by atoms with E-state index in [-0.39, 0.29) is 6.42 Å². The van der Waals surface area contributed by atoms with Gasteiger partial charge in [-0.25, -0.2) is 0 Å². The van der Waals surface area contributed by atoms with Gasteiger partial charge in [-0.3, -0.25) is 9.48 Å². The molecule has 11 heteroatoms. The number of nitrogens with zero attached hydrogens (tertiary/aromatic N) is 2. The van der Waals surface area contributed by atoms with Gasteiger partial charge in [0.1, 0.15) is 0 Å². The standard InChI is InChI=1S/C13H11BrCl2F3N3OS/c1-5(3-6-8(15)10(14)24-11(6)16)20-12(23)7-4-22(2)21-9(7)13(17,18)19/h4-5H,3H2,1-2H3,(H,20,23). The topological polar surface area (TPSA) is 46.9 Å². The van der Waals surface area contributed by atoms with Crippen molar-refractivity contribution in [2.24, 2.45) is 7.05 Å². The van der Waals surface area contributed by atoms with Crippen LogP contribution in [0, 0.1) is 0 Å². The summed E-state index contributed by atoms with van der Waals surface area (Å²) in [6, 6.07) is -0.477. The van der Waals surface area contributed by atoms with Crippen LogP contribution in [0.15, 0.2) is 9.98 Å². The number of halogens is 6. The minimum absolute atomic E-state index is 0.285. The van der Waals surface area contributed by atoms with Crippen LogP contribution >= 0.6 is 50.5 Å². The molecule has 2 aromatic heterocycles. The van der Waals surface area contributed by atoms with Crippen molar-refractivity contribution in [2.75, 3.05) is 0 Å². The van der Waals surface area contributed by atoms with Crippen LogP contribution in [-0.2, 0) is 19.6 Å². The van der Waals surface area contributed by atoms with Crippen molar-refractivity contribution in [1.29, 1.82) is 0 Å². The first-order chi connectivity index (χ1) is 11.0. The third-order valence-corrected chi connectivity index (χ3v) is 5.99. The maximum Gasteiger partial charge on any atom is 0.435 e. The van der Waals surface area contributed by atoms with Crippen molar-refractivity contribution in [3.8, 4) is 0 Å². The predicted octanol–water partition coefficient (Wildman–Crippen LogP) is 4.93. The van der Waals surface area contributed by atoms with Crippen LogP contribution in [-0.4, -0.2) is 21.7 Å². The minimum Gasteiger partial charge on any atom is -0.349 e. The summed E-state index contributed by atoms with van der Waals surface area (Å²) in [5, 5.41) is 6.26. The molecule has 0 saturated carbocycles. The Hall–Kier alpha value is -0.770. The van der Waals surface area contributed by atoms with Crippen molar-refractivity contribution in [3.63, 3.8) is 0 Å². The van der Waals surface area contributed by atoms with Gasteiger partial charge in [-0.15, -0.1) is 11.3 Å². The highest BCUT2D eigenvalue weighted by atomic mass is 79.9. The summed E-state index contributed by atoms with van der Waals surface area (Å²) in [7, 11) is 1.32. The van der Waals surface area contributed by atoms with Gasteiger partial charge in [-0.1, -0.05) is 23.2 Å². The first kappa shape index (κ1) is 19.6. The Balaban J connectivity index is 2.15. The van der Waals surface area contributed by atoms with Gasteiger partial charge in [0.15, 0.2) is 5.69 Å². The molecule has 0 aliphatic rings. The van der Waals surface area contributed by atoms with Crippen LogP contribution in [0.1, 0.15) is 28.5 Å². The van der Waals surface area contributed by atoms with Crippen LogP contribution in [0.2, 0.25) is 9.36 Å². The van der Waals surface area contributed by atoms with E-state index in [0.29, 0.717) is 18.7 Å². The van der Waals surface area contributed by atoms with E-state index < -0.39 is 29.4 Å². The molecule has 0 spiro atoms. The highest BCUT2D eigenvalue weighted by Crippen LogP contribution is 2.40. The molecule has 1 N–H and O–H groups in total. The molecule has 0 fully saturated rings. The number of amides is 1. The molecule has 2 heterocycles. The van der Waals surface area contributed by atoms with Gasteiger partial charge in [0.25, 0.3) is 5.91 Å². The number of hydrogen-bond acceptors (Lipinski definition) is 3. The van der Waals surface area contributed by atoms with Crippen molar-refractivity contribution in [1.82, 2.24) is 15.1 Å². The Morgan fingerprint density at radius 2 is 2.12 bits per heavy atom. The molecular formula is C13H11BrCl2F3N3OS. The molecule has 1 amide bonds. The Morgan fingerprint density at radius 1 is 1.50 bits per heavy atom. The molecule has 1 atom stereocenters. The lowest BCUT2D eigenvalue weighted by Crippen LogP contribution is -2.35. The molecule has 0 saturated heterocycles. The lowest BCUT2D eigenvalue weighted by Gasteiger charge is -2.14. The smallest absolute Gasteiger partial charge is 0.349 e. The number of carbonyl (C=O) groups excluding carboxylic acids is 1. The summed E-state index contributed by atoms with van der Waals surface area (Å²) in [5.41, 5.74) is -1.12. The molecule has 2 aromatic rings. The Kier molecular flexibility index (Phi) is 5.89. The van der Waals surface area contributed by atoms with Crippen LogP contribution in [0.3, 0.4) is 0 Å². The summed E-state index contributed by atoms with van der Waals surface area (Å²) >= 11 is 16.7. The van der Waals surface area contributed by atoms with Crippen molar-refractivity contribution >= 4 is 56.4 Å². The molecule has 0 aromatic carbocycles. The number of thiophene rings is 1. The van der Waals surface area contributed by atoms with E-state index >= 15 is 0 Å². The number of aromatic nitrogens is 2. The van der Waals surface area contributed by atoms with Gasteiger partial charge >= 0.3 is 6.18 Å². The largest absolute Gasteiger partial charge is 0.435 e. The predicted molar refractivity (Wildman–Crippen MR) is 90.9 cm³/mol. The van der Waals surface area contributed by atoms with Gasteiger partial charge in [-0.05, 0) is 29.3 Å². The number of aryl methyl sites for hydroxylation is 1. The molecule has 0 radical (unpaired) electrons. The van der Waals surface area contributed by atoms with Crippen molar-refractivity contribution in [3.05, 3.63) is 36.2 Å². The average Bonchev–Trinajstić information content (AvgIpc) is 2.95. The van der Waals surface area contributed by atoms with Crippen LogP contribution in [0.4, 0.5) is 13.2 Å². The van der Waals surface area contributed by atoms with E-state index in [4.69, 9.17) is 23.2 Å². The van der Waals surface area contributed by atoms with E-state index in [2.05, 4.69) is 26.3 Å². The average molecular weight is 465 g/mol. The first-order valence-corrected chi connectivity index (χ1v) is 8.91. The second kappa shape index (κ2) is 7.23. The number of nitrogens with one attached hydrogen (secondary N) is 1. The van der Waals surface area contributed by atoms with E-state index in [0.717, 1.165) is 10.9 Å². The SMILES string of the molecule is CC(Cc1c(Cl)sc(Br)c1Cl)NC(=O)c1cn(C)nc1C(F)(F)F. The highest BCUT2D eigenvalue weighted by Gasteiger charge is 2.39. The normalized spacial score (nSPS) is 13.2. The molecule has 1 unspecified atom stereocenters. The number of carbonyl (C=O) groups is 1. The lowest BCUT2D eigenvalue weighted by atomic mass is 10.1. The van der Waals surface area contributed by atoms with E-state index in [9.17, 15) is 18.0 Å². The molecule has 2 rings (SSSR count). The monoisotopic (exact) mass is 463 g/mol. The third kappa shape index (κ3) is 4.25. The number of rotatable bonds is 4. The zero-order valence-electron chi connectivity index (χ0n) is 12.3. The molecular weight excluding hydrogens is 454 g/mol. The van der Waals surface area contributed by atoms with Crippen molar-refractivity contribution in [2.45, 2.75) is 25.6 Å². The summed E-state index contributed by atoms with van der Waals surface area (Å²) in [4.78, 5) is 12.2. The molecule has 0 aliphatic carbocycles. The first-order valence-electron chi connectivity index (χ1n) is 6.54. The fourth-order valence-corrected chi connectivity index (χ4v) is 4.56. The second-order valence-corrected chi connectivity index (χ2v) is 8.40. The molecule has 0 bridgehead atoms. The van der Waals surface area contributed by atoms with E-state index in [1.54, 1.807) is 6.92 Å². The van der Waals surface area contributed by atoms with Crippen molar-refractivity contribution < 1.29 is 18.0 Å². The molecule has 24 heavy (non-hydrogen) atoms. The fourth-order valence-electron chi connectivity index (χ4n) is 2.08. The Bertz CT molecular complexity index is 775. The quantitative estimate of drug-likeness (QED) is 0.697. The maximum absolute atomic E-state index is 12.9. The number of alkyl halides is 3. The Morgan fingerprint density at radius 3 is 2.62 bits per heavy atom. The van der Waals surface area contributed by atoms with Gasteiger partial charge in [-0.2, -0.15) is 18.3 Å². The lowest BCUT2D eigenvalue weighted by molar-refractivity contribution is -0.141. The van der Waals surface area contributed by atoms with E-state index in [1.807, 2.05) is 0 Å². The fraction of sp³-hybridized carbons (Fsp3) is 0.385. The summed E-state index contributed by atoms with van der Waals surface area (Å²) in [6.45, 7) is 1.65. The highest BCUT2D eigenvalue weighted by molar-refractivity contribution is 9.11. The molecule has 4 nitrogen and oxygen atoms in total. The summed E-state index contributed by atoms with van der Waals surface area (Å²) in [5.74, 6) is -0.857. The van der Waals surface area contributed by atoms with Gasteiger partial charge < -0.3 is 5.32 Å². The minimum atomic E-state index is -4.71. The van der Waals surface area contributed by atoms with Crippen LogP contribution < -0.4 is 5.32 Å². The van der Waals surface area contributed by atoms with Gasteiger partial charge in [0, 0.05) is 24.8 Å². The van der Waals surface area contributed by atoms with Crippen LogP contribution in [0.5, 0.6) is 0 Å². The zero-order chi connectivity index (χ0) is 18.2. The molecule has 0 aliphatic heterocycles. The van der Waals surface area contributed by atoms with E-state index in [1.165, 1.54) is 18.4 Å². The third-order valence-electron chi connectivity index (χ3n) is 3.08. The summed E-state index contributed by atoms with van der Waals surface area (Å²) < 4.78 is 40.8. The zero-order valence-corrected chi connectivity index (χ0v) is 16.3. The maximum atomic E-state index is 12.9. The van der Waals surface area contributed by atoms with Crippen LogP contribution in [0.25, 0.3) is 0 Å². The second-order valence-electron chi connectivity index (χ2n) is 5.08.